The highest BCUT2D eigenvalue weighted by atomic mass is 19.1. The van der Waals surface area contributed by atoms with E-state index in [2.05, 4.69) is 22.0 Å². The molecule has 7 nitrogen and oxygen atoms in total. The van der Waals surface area contributed by atoms with Gasteiger partial charge in [0.05, 0.1) is 11.8 Å². The van der Waals surface area contributed by atoms with Crippen LogP contribution in [0.4, 0.5) is 10.1 Å². The summed E-state index contributed by atoms with van der Waals surface area (Å²) in [5.41, 5.74) is 2.36. The summed E-state index contributed by atoms with van der Waals surface area (Å²) < 4.78 is 13.9. The van der Waals surface area contributed by atoms with Crippen LogP contribution in [-0.2, 0) is 20.8 Å². The standard InChI is InChI=1S/C33H45FN4O3/c1-19-26-16-27(31(19)35-20(2)39)30-29(26)32(40)38(33(30)41)18-23-6-4-3-5-22(23)17-36-12-10-25(11-13-36)37-14-9-21-7-8-24(34)15-28(21)37/h7-8,15,19,22-23,25-27,29-31H,3-6,9-14,16-18H2,1-2H3,(H,35,39)/t19?,22-,23-,26?,27?,29?,30?,31?/m0/s1. The van der Waals surface area contributed by atoms with E-state index in [1.165, 1.54) is 24.8 Å². The van der Waals surface area contributed by atoms with Crippen LogP contribution in [0.3, 0.4) is 0 Å². The Hall–Kier alpha value is -2.48. The third-order valence-electron chi connectivity index (χ3n) is 12.0. The molecule has 2 saturated heterocycles. The van der Waals surface area contributed by atoms with Crippen LogP contribution in [0.25, 0.3) is 0 Å². The van der Waals surface area contributed by atoms with Gasteiger partial charge in [0.1, 0.15) is 5.82 Å². The second-order valence-electron chi connectivity index (χ2n) is 14.0. The lowest BCUT2D eigenvalue weighted by Gasteiger charge is -2.41. The highest BCUT2D eigenvalue weighted by molar-refractivity contribution is 6.06. The number of nitrogens with zero attached hydrogens (tertiary/aromatic N) is 3. The van der Waals surface area contributed by atoms with Crippen LogP contribution in [-0.4, -0.2) is 72.3 Å². The van der Waals surface area contributed by atoms with Crippen molar-refractivity contribution in [3.05, 3.63) is 29.6 Å². The maximum Gasteiger partial charge on any atom is 0.233 e. The summed E-state index contributed by atoms with van der Waals surface area (Å²) in [5, 5.41) is 3.10. The molecule has 7 rings (SSSR count). The summed E-state index contributed by atoms with van der Waals surface area (Å²) in [7, 11) is 0. The van der Waals surface area contributed by atoms with Gasteiger partial charge < -0.3 is 15.1 Å². The van der Waals surface area contributed by atoms with Crippen molar-refractivity contribution in [1.29, 1.82) is 0 Å². The lowest BCUT2D eigenvalue weighted by molar-refractivity contribution is -0.142. The van der Waals surface area contributed by atoms with Gasteiger partial charge in [0, 0.05) is 57.4 Å². The molecule has 3 aliphatic carbocycles. The van der Waals surface area contributed by atoms with E-state index in [1.807, 2.05) is 6.07 Å². The fourth-order valence-corrected chi connectivity index (χ4v) is 10.0. The van der Waals surface area contributed by atoms with Gasteiger partial charge in [-0.25, -0.2) is 4.39 Å². The molecule has 1 N–H and O–H groups in total. The number of likely N-dealkylation sites (tertiary alicyclic amines) is 2. The maximum absolute atomic E-state index is 13.9. The first-order valence-electron chi connectivity index (χ1n) is 16.2. The molecule has 6 unspecified atom stereocenters. The van der Waals surface area contributed by atoms with Gasteiger partial charge >= 0.3 is 0 Å². The Morgan fingerprint density at radius 3 is 2.34 bits per heavy atom. The van der Waals surface area contributed by atoms with Crippen molar-refractivity contribution < 1.29 is 18.8 Å². The van der Waals surface area contributed by atoms with Crippen LogP contribution in [0, 0.1) is 47.2 Å². The summed E-state index contributed by atoms with van der Waals surface area (Å²) in [6, 6.07) is 5.71. The fourth-order valence-electron chi connectivity index (χ4n) is 10.0. The Bertz CT molecular complexity index is 1210. The second-order valence-corrected chi connectivity index (χ2v) is 14.0. The molecule has 1 aromatic carbocycles. The van der Waals surface area contributed by atoms with Crippen molar-refractivity contribution >= 4 is 23.4 Å². The predicted octanol–water partition coefficient (Wildman–Crippen LogP) is 3.85. The molecule has 3 amide bonds. The molecule has 3 heterocycles. The predicted molar refractivity (Wildman–Crippen MR) is 154 cm³/mol. The molecule has 5 fully saturated rings. The number of hydrogen-bond acceptors (Lipinski definition) is 5. The van der Waals surface area contributed by atoms with Crippen LogP contribution in [0.1, 0.15) is 64.4 Å². The third-order valence-corrected chi connectivity index (χ3v) is 12.0. The number of halogens is 1. The Labute approximate surface area is 243 Å². The van der Waals surface area contributed by atoms with E-state index < -0.39 is 0 Å². The molecule has 0 radical (unpaired) electrons. The van der Waals surface area contributed by atoms with Crippen molar-refractivity contribution in [2.75, 3.05) is 37.6 Å². The van der Waals surface area contributed by atoms with Gasteiger partial charge in [0.2, 0.25) is 17.7 Å². The molecule has 8 atom stereocenters. The van der Waals surface area contributed by atoms with Crippen molar-refractivity contribution in [2.45, 2.75) is 77.3 Å². The molecular weight excluding hydrogens is 519 g/mol. The highest BCUT2D eigenvalue weighted by Gasteiger charge is 2.66. The topological polar surface area (TPSA) is 73.0 Å². The summed E-state index contributed by atoms with van der Waals surface area (Å²) in [5.74, 6) is 0.865. The highest BCUT2D eigenvalue weighted by Crippen LogP contribution is 2.58. The first-order valence-corrected chi connectivity index (χ1v) is 16.2. The Morgan fingerprint density at radius 2 is 1.63 bits per heavy atom. The zero-order valence-corrected chi connectivity index (χ0v) is 24.6. The number of amides is 3. The first-order chi connectivity index (χ1) is 19.8. The van der Waals surface area contributed by atoms with Crippen molar-refractivity contribution in [2.24, 2.45) is 41.4 Å². The van der Waals surface area contributed by atoms with Gasteiger partial charge in [0.25, 0.3) is 0 Å². The van der Waals surface area contributed by atoms with Crippen molar-refractivity contribution in [1.82, 2.24) is 15.1 Å². The van der Waals surface area contributed by atoms with Crippen LogP contribution >= 0.6 is 0 Å². The maximum atomic E-state index is 13.9. The molecule has 0 spiro atoms. The van der Waals surface area contributed by atoms with Crippen LogP contribution in [0.15, 0.2) is 18.2 Å². The molecular formula is C33H45FN4O3. The van der Waals surface area contributed by atoms with E-state index in [0.29, 0.717) is 24.4 Å². The van der Waals surface area contributed by atoms with E-state index in [9.17, 15) is 18.8 Å². The van der Waals surface area contributed by atoms with E-state index >= 15 is 0 Å². The number of fused-ring (bicyclic) bond motifs is 6. The third kappa shape index (κ3) is 4.68. The lowest BCUT2D eigenvalue weighted by atomic mass is 9.73. The summed E-state index contributed by atoms with van der Waals surface area (Å²) in [4.78, 5) is 45.9. The van der Waals surface area contributed by atoms with Crippen LogP contribution < -0.4 is 10.2 Å². The van der Waals surface area contributed by atoms with Gasteiger partial charge in [-0.15, -0.1) is 0 Å². The minimum Gasteiger partial charge on any atom is -0.368 e. The fraction of sp³-hybridized carbons (Fsp3) is 0.727. The first kappa shape index (κ1) is 27.4. The molecule has 8 heteroatoms. The van der Waals surface area contributed by atoms with Gasteiger partial charge in [-0.05, 0) is 85.8 Å². The molecule has 2 bridgehead atoms. The van der Waals surface area contributed by atoms with E-state index in [0.717, 1.165) is 64.0 Å². The number of imide groups is 1. The molecule has 3 aliphatic heterocycles. The quantitative estimate of drug-likeness (QED) is 0.532. The molecule has 222 valence electrons. The summed E-state index contributed by atoms with van der Waals surface area (Å²) >= 11 is 0. The number of nitrogens with one attached hydrogen (secondary N) is 1. The van der Waals surface area contributed by atoms with Crippen molar-refractivity contribution in [3.8, 4) is 0 Å². The molecule has 41 heavy (non-hydrogen) atoms. The molecule has 1 aromatic rings. The number of carbonyl (C=O) groups is 3. The van der Waals surface area contributed by atoms with Gasteiger partial charge in [-0.1, -0.05) is 25.8 Å². The molecule has 3 saturated carbocycles. The number of benzene rings is 1. The number of carbonyl (C=O) groups excluding carboxylic acids is 3. The smallest absolute Gasteiger partial charge is 0.233 e. The van der Waals surface area contributed by atoms with Crippen molar-refractivity contribution in [3.63, 3.8) is 0 Å². The average molecular weight is 565 g/mol. The monoisotopic (exact) mass is 564 g/mol. The Balaban J connectivity index is 0.972. The number of piperidine rings is 1. The van der Waals surface area contributed by atoms with Crippen LogP contribution in [0.2, 0.25) is 0 Å². The minimum absolute atomic E-state index is 0.00821. The van der Waals surface area contributed by atoms with Crippen LogP contribution in [0.5, 0.6) is 0 Å². The Morgan fingerprint density at radius 1 is 0.951 bits per heavy atom. The number of rotatable bonds is 6. The lowest BCUT2D eigenvalue weighted by Crippen LogP contribution is -2.48. The second kappa shape index (κ2) is 10.7. The molecule has 6 aliphatic rings. The average Bonchev–Trinajstić information content (AvgIpc) is 3.69. The molecule has 0 aromatic heterocycles. The van der Waals surface area contributed by atoms with E-state index in [4.69, 9.17) is 0 Å². The number of hydrogen-bond donors (Lipinski definition) is 1. The van der Waals surface area contributed by atoms with E-state index in [-0.39, 0.29) is 59.2 Å². The number of anilines is 1. The Kier molecular flexibility index (Phi) is 7.11. The zero-order valence-electron chi connectivity index (χ0n) is 24.6. The largest absolute Gasteiger partial charge is 0.368 e. The SMILES string of the molecule is CC(=O)NC1C(C)C2CC1C1C(=O)N(C[C@@H]3CCCC[C@H]3CN3CCC(N4CCc5ccc(F)cc54)CC3)C(=O)C21. The van der Waals surface area contributed by atoms with Gasteiger partial charge in [-0.2, -0.15) is 0 Å². The zero-order chi connectivity index (χ0) is 28.4. The van der Waals surface area contributed by atoms with E-state index in [1.54, 1.807) is 24.0 Å². The normalized spacial score (nSPS) is 37.1. The van der Waals surface area contributed by atoms with Gasteiger partial charge in [-0.3, -0.25) is 19.3 Å². The minimum atomic E-state index is -0.245. The summed E-state index contributed by atoms with van der Waals surface area (Å²) in [6.45, 7) is 8.38. The summed E-state index contributed by atoms with van der Waals surface area (Å²) in [6.07, 6.45) is 8.72. The van der Waals surface area contributed by atoms with Gasteiger partial charge in [0.15, 0.2) is 0 Å².